The van der Waals surface area contributed by atoms with Gasteiger partial charge in [0.15, 0.2) is 34.6 Å². The summed E-state index contributed by atoms with van der Waals surface area (Å²) in [6.45, 7) is 11.7. The number of hydrogen-bond donors (Lipinski definition) is 0. The minimum atomic E-state index is 0.661. The molecule has 0 saturated carbocycles. The average molecular weight is 1600 g/mol. The molecule has 105 heavy (non-hydrogen) atoms. The minimum Gasteiger partial charge on any atom is -0.490 e. The van der Waals surface area contributed by atoms with E-state index in [1.165, 1.54) is 151 Å². The van der Waals surface area contributed by atoms with Crippen molar-refractivity contribution in [3.63, 3.8) is 0 Å². The van der Waals surface area contributed by atoms with Crippen LogP contribution in [0, 0.1) is 0 Å². The maximum Gasteiger partial charge on any atom is 0.161 e. The van der Waals surface area contributed by atoms with E-state index < -0.39 is 0 Å². The van der Waals surface area contributed by atoms with E-state index in [0.717, 1.165) is 118 Å². The van der Waals surface area contributed by atoms with Gasteiger partial charge in [-0.1, -0.05) is 356 Å². The molecule has 0 fully saturated rings. The van der Waals surface area contributed by atoms with Gasteiger partial charge in [0.2, 0.25) is 0 Å². The molecule has 9 aromatic carbocycles. The normalized spacial score (nSPS) is 10.9. The van der Waals surface area contributed by atoms with E-state index in [2.05, 4.69) is 233 Å². The monoisotopic (exact) mass is 1590 g/mol. The zero-order chi connectivity index (χ0) is 73.3. The molecular formula is C94H107Br3N4O4. The number of hydrogen-bond acceptors (Lipinski definition) is 8. The van der Waals surface area contributed by atoms with Crippen LogP contribution in [0.25, 0.3) is 90.1 Å². The van der Waals surface area contributed by atoms with Gasteiger partial charge < -0.3 is 18.9 Å². The molecule has 8 nitrogen and oxygen atoms in total. The van der Waals surface area contributed by atoms with Crippen molar-refractivity contribution in [2.75, 3.05) is 26.4 Å². The Hall–Kier alpha value is -8.22. The third-order valence-electron chi connectivity index (χ3n) is 18.5. The first-order valence-corrected chi connectivity index (χ1v) is 41.2. The van der Waals surface area contributed by atoms with Crippen LogP contribution < -0.4 is 18.9 Å². The maximum atomic E-state index is 6.48. The molecule has 2 aromatic heterocycles. The largest absolute Gasteiger partial charge is 0.490 e. The lowest BCUT2D eigenvalue weighted by Crippen LogP contribution is -2.04. The van der Waals surface area contributed by atoms with Crippen LogP contribution in [-0.2, 0) is 0 Å². The summed E-state index contributed by atoms with van der Waals surface area (Å²) in [6.07, 6.45) is 29.4. The van der Waals surface area contributed by atoms with Gasteiger partial charge in [-0.2, -0.15) is 0 Å². The van der Waals surface area contributed by atoms with Crippen molar-refractivity contribution < 1.29 is 18.9 Å². The topological polar surface area (TPSA) is 88.5 Å². The summed E-state index contributed by atoms with van der Waals surface area (Å²) in [7, 11) is 0. The molecule has 548 valence electrons. The highest BCUT2D eigenvalue weighted by atomic mass is 79.9. The second kappa shape index (κ2) is 46.7. The molecule has 0 spiro atoms. The summed E-state index contributed by atoms with van der Waals surface area (Å²) in [5.41, 5.74) is 14.2. The van der Waals surface area contributed by atoms with Crippen LogP contribution >= 0.6 is 47.8 Å². The number of nitrogens with zero attached hydrogens (tertiary/aromatic N) is 4. The van der Waals surface area contributed by atoms with Gasteiger partial charge in [0, 0.05) is 46.8 Å². The molecule has 11 aromatic rings. The highest BCUT2D eigenvalue weighted by Crippen LogP contribution is 2.38. The van der Waals surface area contributed by atoms with Gasteiger partial charge in [-0.15, -0.1) is 0 Å². The van der Waals surface area contributed by atoms with Gasteiger partial charge in [-0.25, -0.2) is 19.9 Å². The second-order valence-electron chi connectivity index (χ2n) is 26.9. The molecule has 0 N–H and O–H groups in total. The van der Waals surface area contributed by atoms with Crippen molar-refractivity contribution >= 4 is 47.8 Å². The lowest BCUT2D eigenvalue weighted by Gasteiger charge is -2.15. The zero-order valence-corrected chi connectivity index (χ0v) is 67.1. The second-order valence-corrected chi connectivity index (χ2v) is 29.7. The Balaban J connectivity index is 0.000000226. The summed E-state index contributed by atoms with van der Waals surface area (Å²) in [5.74, 6) is 4.45. The van der Waals surface area contributed by atoms with Crippen molar-refractivity contribution in [1.29, 1.82) is 0 Å². The van der Waals surface area contributed by atoms with Crippen LogP contribution in [0.15, 0.2) is 250 Å². The van der Waals surface area contributed by atoms with Crippen molar-refractivity contribution in [1.82, 2.24) is 19.9 Å². The number of halogens is 3. The predicted octanol–water partition coefficient (Wildman–Crippen LogP) is 29.2. The Kier molecular flexibility index (Phi) is 35.9. The van der Waals surface area contributed by atoms with E-state index >= 15 is 0 Å². The number of rotatable bonds is 40. The molecule has 11 rings (SSSR count). The molecule has 0 atom stereocenters. The van der Waals surface area contributed by atoms with E-state index in [1.807, 2.05) is 78.9 Å². The number of ether oxygens (including phenoxy) is 4. The Morgan fingerprint density at radius 3 is 0.724 bits per heavy atom. The molecule has 2 heterocycles. The third-order valence-corrected chi connectivity index (χ3v) is 20.1. The predicted molar refractivity (Wildman–Crippen MR) is 453 cm³/mol. The van der Waals surface area contributed by atoms with Gasteiger partial charge in [-0.3, -0.25) is 0 Å². The van der Waals surface area contributed by atoms with Crippen molar-refractivity contribution in [3.05, 3.63) is 250 Å². The van der Waals surface area contributed by atoms with Crippen LogP contribution in [-0.4, -0.2) is 46.4 Å². The van der Waals surface area contributed by atoms with E-state index in [9.17, 15) is 0 Å². The molecule has 0 unspecified atom stereocenters. The highest BCUT2D eigenvalue weighted by Gasteiger charge is 2.18. The van der Waals surface area contributed by atoms with Crippen LogP contribution in [0.2, 0.25) is 0 Å². The Morgan fingerprint density at radius 2 is 0.438 bits per heavy atom. The number of aromatic nitrogens is 4. The number of benzene rings is 9. The van der Waals surface area contributed by atoms with Crippen LogP contribution in [0.5, 0.6) is 23.0 Å². The fraction of sp³-hybridized carbons (Fsp3) is 0.340. The van der Waals surface area contributed by atoms with E-state index in [-0.39, 0.29) is 0 Å². The molecule has 0 amide bonds. The average Bonchev–Trinajstić information content (AvgIpc) is 0.798. The molecule has 0 bridgehead atoms. The summed E-state index contributed by atoms with van der Waals surface area (Å²) in [6, 6.07) is 81.2. The summed E-state index contributed by atoms with van der Waals surface area (Å²) < 4.78 is 28.7. The van der Waals surface area contributed by atoms with Crippen LogP contribution in [0.1, 0.15) is 182 Å². The van der Waals surface area contributed by atoms with Gasteiger partial charge in [0.1, 0.15) is 0 Å². The lowest BCUT2D eigenvalue weighted by molar-refractivity contribution is 0.258. The van der Waals surface area contributed by atoms with Crippen LogP contribution in [0.3, 0.4) is 0 Å². The first-order chi connectivity index (χ1) is 51.7. The van der Waals surface area contributed by atoms with Crippen molar-refractivity contribution in [3.8, 4) is 113 Å². The number of unbranched alkanes of at least 4 members (excludes halogenated alkanes) is 20. The minimum absolute atomic E-state index is 0.661. The molecule has 0 aliphatic heterocycles. The van der Waals surface area contributed by atoms with Gasteiger partial charge in [-0.05, 0) is 133 Å². The molecule has 0 radical (unpaired) electrons. The SMILES string of the molecule is Brc1ccccc1.CCCCCCCCOc1ccc(-c2nc(-c3ccc(-c4ccccc4)cc3)cc(-c3ccc(-c4ccccc4)cc3)n2)cc1OCCCCCCCC.CCCCCCCCOc1ccc(-c2nc(-c3ccc(Br)cc3)cc(-c3ccc(Br)cc3)n2)cc1OCCCCCCCC. The Bertz CT molecular complexity index is 4050. The molecule has 0 saturated heterocycles. The molecular weight excluding hydrogens is 1490 g/mol. The fourth-order valence-electron chi connectivity index (χ4n) is 12.3. The van der Waals surface area contributed by atoms with Gasteiger partial charge in [0.05, 0.1) is 49.2 Å². The summed E-state index contributed by atoms with van der Waals surface area (Å²) in [4.78, 5) is 20.4. The summed E-state index contributed by atoms with van der Waals surface area (Å²) in [5, 5.41) is 0. The molecule has 0 aliphatic rings. The van der Waals surface area contributed by atoms with Crippen molar-refractivity contribution in [2.24, 2.45) is 0 Å². The quantitative estimate of drug-likeness (QED) is 0.0351. The van der Waals surface area contributed by atoms with E-state index in [4.69, 9.17) is 38.9 Å². The first-order valence-electron chi connectivity index (χ1n) is 38.8. The Labute approximate surface area is 653 Å². The smallest absolute Gasteiger partial charge is 0.161 e. The Morgan fingerprint density at radius 1 is 0.210 bits per heavy atom. The highest BCUT2D eigenvalue weighted by molar-refractivity contribution is 9.11. The van der Waals surface area contributed by atoms with Crippen LogP contribution in [0.4, 0.5) is 0 Å². The van der Waals surface area contributed by atoms with E-state index in [1.54, 1.807) is 0 Å². The third kappa shape index (κ3) is 27.9. The lowest BCUT2D eigenvalue weighted by atomic mass is 10.0. The maximum absolute atomic E-state index is 6.48. The molecule has 11 heteroatoms. The first kappa shape index (κ1) is 80.9. The standard InChI is InChI=1S/C50H56N2O2.C38H46Br2N2O2.C6H5Br/c1-3-5-7-9-11-19-35-53-48-34-33-45(37-49(48)54-36-20-12-10-8-6-4-2)50-51-46(43-29-25-41(26-30-43)39-21-15-13-16-22-39)38-47(52-50)44-31-27-42(28-32-44)40-23-17-14-18-24-40;1-3-5-7-9-11-13-25-43-36-24-19-31(27-37(36)44-26-14-12-10-8-6-4-2)38-41-34(29-15-20-32(39)21-16-29)28-35(42-38)30-17-22-33(40)23-18-30;7-6-4-2-1-3-5-6/h13-18,21-34,37-38H,3-12,19-20,35-36H2,1-2H3;15-24,27-28H,3-14,25-26H2,1-2H3;1-5H. The van der Waals surface area contributed by atoms with Gasteiger partial charge in [0.25, 0.3) is 0 Å². The van der Waals surface area contributed by atoms with Crippen molar-refractivity contribution in [2.45, 2.75) is 182 Å². The van der Waals surface area contributed by atoms with Gasteiger partial charge >= 0.3 is 0 Å². The zero-order valence-electron chi connectivity index (χ0n) is 62.4. The van der Waals surface area contributed by atoms with E-state index in [0.29, 0.717) is 38.1 Å². The molecule has 0 aliphatic carbocycles. The summed E-state index contributed by atoms with van der Waals surface area (Å²) >= 11 is 10.4. The fourth-order valence-corrected chi connectivity index (χ4v) is 13.2.